The molecule has 0 atom stereocenters. The van der Waals surface area contributed by atoms with Gasteiger partial charge in [0.25, 0.3) is 5.91 Å². The number of anilines is 1. The molecule has 134 valence electrons. The summed E-state index contributed by atoms with van der Waals surface area (Å²) < 4.78 is 15.9. The minimum absolute atomic E-state index is 0.165. The van der Waals surface area contributed by atoms with E-state index >= 15 is 0 Å². The van der Waals surface area contributed by atoms with Gasteiger partial charge < -0.3 is 24.9 Å². The van der Waals surface area contributed by atoms with Gasteiger partial charge in [-0.3, -0.25) is 4.79 Å². The van der Waals surface area contributed by atoms with Crippen molar-refractivity contribution < 1.29 is 18.7 Å². The number of pyridine rings is 1. The molecule has 0 aliphatic carbocycles. The highest BCUT2D eigenvalue weighted by Gasteiger charge is 2.15. The van der Waals surface area contributed by atoms with Crippen LogP contribution in [-0.4, -0.2) is 30.1 Å². The summed E-state index contributed by atoms with van der Waals surface area (Å²) in [7, 11) is 3.11. The molecule has 0 radical (unpaired) electrons. The molecular formula is C18H18N4O4. The molecule has 2 aromatic heterocycles. The highest BCUT2D eigenvalue weighted by atomic mass is 16.5. The second-order valence-corrected chi connectivity index (χ2v) is 5.34. The van der Waals surface area contributed by atoms with Crippen LogP contribution in [0.25, 0.3) is 11.5 Å². The number of aromatic nitrogens is 2. The second kappa shape index (κ2) is 7.56. The van der Waals surface area contributed by atoms with Crippen LogP contribution in [-0.2, 0) is 6.54 Å². The van der Waals surface area contributed by atoms with E-state index in [9.17, 15) is 4.79 Å². The van der Waals surface area contributed by atoms with Crippen LogP contribution in [0.4, 0.5) is 5.82 Å². The van der Waals surface area contributed by atoms with Crippen molar-refractivity contribution in [1.29, 1.82) is 0 Å². The highest BCUT2D eigenvalue weighted by molar-refractivity contribution is 5.92. The Balaban J connectivity index is 1.71. The molecule has 8 nitrogen and oxygen atoms in total. The Hall–Kier alpha value is -3.55. The molecule has 26 heavy (non-hydrogen) atoms. The predicted octanol–water partition coefficient (Wildman–Crippen LogP) is 2.27. The number of oxazole rings is 1. The Morgan fingerprint density at radius 3 is 2.77 bits per heavy atom. The monoisotopic (exact) mass is 354 g/mol. The molecule has 0 saturated carbocycles. The Morgan fingerprint density at radius 2 is 2.08 bits per heavy atom. The summed E-state index contributed by atoms with van der Waals surface area (Å²) in [4.78, 5) is 20.5. The van der Waals surface area contributed by atoms with E-state index in [4.69, 9.17) is 19.6 Å². The Kier molecular flexibility index (Phi) is 5.02. The van der Waals surface area contributed by atoms with E-state index < -0.39 is 0 Å². The molecule has 8 heteroatoms. The molecule has 0 saturated heterocycles. The zero-order valence-corrected chi connectivity index (χ0v) is 14.4. The van der Waals surface area contributed by atoms with Gasteiger partial charge in [0.1, 0.15) is 12.1 Å². The standard InChI is InChI=1S/C18H18N4O4/c1-24-14-5-3-4-11(16(14)25-2)8-21-17(23)13-10-26-18(22-13)12-6-7-15(19)20-9-12/h3-7,9-10H,8H2,1-2H3,(H2,19,20)(H,21,23). The SMILES string of the molecule is COc1cccc(CNC(=O)c2coc(-c3ccc(N)nc3)n2)c1OC. The van der Waals surface area contributed by atoms with Crippen molar-refractivity contribution in [2.24, 2.45) is 0 Å². The number of benzene rings is 1. The van der Waals surface area contributed by atoms with Gasteiger partial charge >= 0.3 is 0 Å². The van der Waals surface area contributed by atoms with Gasteiger partial charge in [-0.2, -0.15) is 0 Å². The molecule has 0 unspecified atom stereocenters. The van der Waals surface area contributed by atoms with Crippen LogP contribution in [0.15, 0.2) is 47.2 Å². The summed E-state index contributed by atoms with van der Waals surface area (Å²) >= 11 is 0. The minimum atomic E-state index is -0.367. The molecule has 3 rings (SSSR count). The maximum atomic E-state index is 12.3. The van der Waals surface area contributed by atoms with Crippen LogP contribution in [0.3, 0.4) is 0 Å². The van der Waals surface area contributed by atoms with Crippen molar-refractivity contribution in [3.05, 3.63) is 54.0 Å². The zero-order chi connectivity index (χ0) is 18.5. The first-order valence-corrected chi connectivity index (χ1v) is 7.78. The molecular weight excluding hydrogens is 336 g/mol. The smallest absolute Gasteiger partial charge is 0.273 e. The van der Waals surface area contributed by atoms with Crippen LogP contribution in [0.1, 0.15) is 16.1 Å². The van der Waals surface area contributed by atoms with Crippen LogP contribution in [0.5, 0.6) is 11.5 Å². The lowest BCUT2D eigenvalue weighted by Crippen LogP contribution is -2.23. The number of carbonyl (C=O) groups excluding carboxylic acids is 1. The molecule has 0 aliphatic heterocycles. The quantitative estimate of drug-likeness (QED) is 0.698. The normalized spacial score (nSPS) is 10.4. The van der Waals surface area contributed by atoms with Gasteiger partial charge in [-0.1, -0.05) is 12.1 Å². The fourth-order valence-electron chi connectivity index (χ4n) is 2.40. The molecule has 0 fully saturated rings. The first-order chi connectivity index (χ1) is 12.6. The third-order valence-electron chi connectivity index (χ3n) is 3.69. The summed E-state index contributed by atoms with van der Waals surface area (Å²) in [5.74, 6) is 1.49. The van der Waals surface area contributed by atoms with E-state index in [1.807, 2.05) is 12.1 Å². The van der Waals surface area contributed by atoms with E-state index in [2.05, 4.69) is 15.3 Å². The number of para-hydroxylation sites is 1. The van der Waals surface area contributed by atoms with E-state index in [1.165, 1.54) is 12.5 Å². The average molecular weight is 354 g/mol. The molecule has 1 amide bonds. The van der Waals surface area contributed by atoms with Crippen molar-refractivity contribution in [2.45, 2.75) is 6.54 Å². The largest absolute Gasteiger partial charge is 0.493 e. The van der Waals surface area contributed by atoms with Crippen LogP contribution in [0.2, 0.25) is 0 Å². The molecule has 3 N–H and O–H groups in total. The maximum absolute atomic E-state index is 12.3. The third-order valence-corrected chi connectivity index (χ3v) is 3.69. The fraction of sp³-hybridized carbons (Fsp3) is 0.167. The number of nitrogen functional groups attached to an aromatic ring is 1. The summed E-state index contributed by atoms with van der Waals surface area (Å²) in [6.07, 6.45) is 2.83. The predicted molar refractivity (Wildman–Crippen MR) is 94.9 cm³/mol. The number of nitrogens with two attached hydrogens (primary N) is 1. The first-order valence-electron chi connectivity index (χ1n) is 7.78. The van der Waals surface area contributed by atoms with E-state index in [1.54, 1.807) is 32.4 Å². The van der Waals surface area contributed by atoms with Crippen molar-refractivity contribution in [2.75, 3.05) is 20.0 Å². The topological polar surface area (TPSA) is 112 Å². The van der Waals surface area contributed by atoms with Crippen LogP contribution >= 0.6 is 0 Å². The van der Waals surface area contributed by atoms with Gasteiger partial charge in [-0.15, -0.1) is 0 Å². The van der Waals surface area contributed by atoms with E-state index in [0.717, 1.165) is 5.56 Å². The number of methoxy groups -OCH3 is 2. The number of amides is 1. The van der Waals surface area contributed by atoms with Crippen LogP contribution in [0, 0.1) is 0 Å². The zero-order valence-electron chi connectivity index (χ0n) is 14.4. The molecule has 3 aromatic rings. The first kappa shape index (κ1) is 17.3. The summed E-state index contributed by atoms with van der Waals surface area (Å²) in [6.45, 7) is 0.255. The highest BCUT2D eigenvalue weighted by Crippen LogP contribution is 2.30. The molecule has 1 aromatic carbocycles. The fourth-order valence-corrected chi connectivity index (χ4v) is 2.40. The van der Waals surface area contributed by atoms with Crippen molar-refractivity contribution in [1.82, 2.24) is 15.3 Å². The maximum Gasteiger partial charge on any atom is 0.273 e. The molecule has 0 bridgehead atoms. The number of hydrogen-bond acceptors (Lipinski definition) is 7. The number of ether oxygens (including phenoxy) is 2. The number of carbonyl (C=O) groups is 1. The number of rotatable bonds is 6. The van der Waals surface area contributed by atoms with Gasteiger partial charge in [0.05, 0.1) is 19.8 Å². The van der Waals surface area contributed by atoms with Crippen molar-refractivity contribution in [3.8, 4) is 23.0 Å². The lowest BCUT2D eigenvalue weighted by atomic mass is 10.2. The van der Waals surface area contributed by atoms with E-state index in [-0.39, 0.29) is 18.1 Å². The summed E-state index contributed by atoms with van der Waals surface area (Å²) in [6, 6.07) is 8.81. The summed E-state index contributed by atoms with van der Waals surface area (Å²) in [5, 5.41) is 2.78. The van der Waals surface area contributed by atoms with Crippen LogP contribution < -0.4 is 20.5 Å². The average Bonchev–Trinajstić information content (AvgIpc) is 3.16. The van der Waals surface area contributed by atoms with Gasteiger partial charge in [0.15, 0.2) is 17.2 Å². The number of hydrogen-bond donors (Lipinski definition) is 2. The van der Waals surface area contributed by atoms with Gasteiger partial charge in [0.2, 0.25) is 5.89 Å². The molecule has 0 spiro atoms. The lowest BCUT2D eigenvalue weighted by Gasteiger charge is -2.12. The third kappa shape index (κ3) is 3.59. The van der Waals surface area contributed by atoms with Crippen molar-refractivity contribution in [3.63, 3.8) is 0 Å². The number of nitrogens with zero attached hydrogens (tertiary/aromatic N) is 2. The number of nitrogens with one attached hydrogen (secondary N) is 1. The van der Waals surface area contributed by atoms with E-state index in [0.29, 0.717) is 28.8 Å². The summed E-state index contributed by atoms with van der Waals surface area (Å²) in [5.41, 5.74) is 7.13. The second-order valence-electron chi connectivity index (χ2n) is 5.34. The van der Waals surface area contributed by atoms with Gasteiger partial charge in [-0.25, -0.2) is 9.97 Å². The Morgan fingerprint density at radius 1 is 1.23 bits per heavy atom. The molecule has 2 heterocycles. The van der Waals surface area contributed by atoms with Gasteiger partial charge in [0, 0.05) is 18.3 Å². The Labute approximate surface area is 150 Å². The minimum Gasteiger partial charge on any atom is -0.493 e. The Bertz CT molecular complexity index is 906. The lowest BCUT2D eigenvalue weighted by molar-refractivity contribution is 0.0945. The van der Waals surface area contributed by atoms with Gasteiger partial charge in [-0.05, 0) is 18.2 Å². The van der Waals surface area contributed by atoms with Crippen molar-refractivity contribution >= 4 is 11.7 Å². The molecule has 0 aliphatic rings.